The maximum absolute atomic E-state index is 13.7. The van der Waals surface area contributed by atoms with Crippen LogP contribution in [0.15, 0.2) is 65.2 Å². The third kappa shape index (κ3) is 4.01. The molecule has 4 aromatic rings. The van der Waals surface area contributed by atoms with E-state index in [1.54, 1.807) is 18.3 Å². The summed E-state index contributed by atoms with van der Waals surface area (Å²) in [6, 6.07) is 14.3. The second-order valence-corrected chi connectivity index (χ2v) is 6.01. The number of aryl methyl sites for hydroxylation is 1. The minimum atomic E-state index is -0.926. The molecule has 2 aromatic carbocycles. The van der Waals surface area contributed by atoms with Gasteiger partial charge in [-0.25, -0.2) is 13.8 Å². The van der Waals surface area contributed by atoms with Crippen LogP contribution in [0.4, 0.5) is 14.6 Å². The molecule has 2 aromatic heterocycles. The van der Waals surface area contributed by atoms with Crippen LogP contribution < -0.4 is 5.32 Å². The number of halogens is 2. The molecule has 0 spiro atoms. The van der Waals surface area contributed by atoms with Crippen molar-refractivity contribution in [2.45, 2.75) is 20.8 Å². The Morgan fingerprint density at radius 2 is 1.66 bits per heavy atom. The molecule has 0 aliphatic rings. The van der Waals surface area contributed by atoms with Crippen molar-refractivity contribution in [1.82, 2.24) is 4.98 Å². The van der Waals surface area contributed by atoms with E-state index in [9.17, 15) is 13.6 Å². The minimum absolute atomic E-state index is 0.192. The lowest BCUT2D eigenvalue weighted by Crippen LogP contribution is -2.16. The smallest absolute Gasteiger partial charge is 0.262 e. The minimum Gasteiger partial charge on any atom is -0.461 e. The summed E-state index contributed by atoms with van der Waals surface area (Å²) < 4.78 is 33.2. The zero-order valence-electron chi connectivity index (χ0n) is 16.3. The average Bonchev–Trinajstić information content (AvgIpc) is 3.06. The highest BCUT2D eigenvalue weighted by molar-refractivity contribution is 6.04. The van der Waals surface area contributed by atoms with Crippen LogP contribution in [0.25, 0.3) is 22.1 Å². The standard InChI is InChI=1S/C21H14F2N2O2.C2H6/c1-12-19(14-5-2-3-8-17(14)27-12)13-9-10-18(24-11-13)25-21(26)20-15(22)6-4-7-16(20)23;1-2/h2-11H,1H3,(H,24,25,26);1-2H3. The lowest BCUT2D eigenvalue weighted by Gasteiger charge is -2.07. The largest absolute Gasteiger partial charge is 0.461 e. The number of carbonyl (C=O) groups is 1. The van der Waals surface area contributed by atoms with Crippen LogP contribution in [-0.2, 0) is 0 Å². The summed E-state index contributed by atoms with van der Waals surface area (Å²) in [6.45, 7) is 5.87. The number of nitrogens with zero attached hydrogens (tertiary/aromatic N) is 1. The molecule has 148 valence electrons. The number of furan rings is 1. The van der Waals surface area contributed by atoms with E-state index in [4.69, 9.17) is 4.42 Å². The van der Waals surface area contributed by atoms with E-state index < -0.39 is 23.1 Å². The van der Waals surface area contributed by atoms with Crippen molar-refractivity contribution in [3.05, 3.63) is 83.8 Å². The SMILES string of the molecule is CC.Cc1oc2ccccc2c1-c1ccc(NC(=O)c2c(F)cccc2F)nc1. The third-order valence-corrected chi connectivity index (χ3v) is 4.26. The quantitative estimate of drug-likeness (QED) is 0.440. The molecule has 4 nitrogen and oxygen atoms in total. The number of anilines is 1. The highest BCUT2D eigenvalue weighted by Gasteiger charge is 2.18. The van der Waals surface area contributed by atoms with Crippen LogP contribution in [0, 0.1) is 18.6 Å². The molecule has 0 radical (unpaired) electrons. The fraction of sp³-hybridized carbons (Fsp3) is 0.130. The molecule has 0 saturated heterocycles. The van der Waals surface area contributed by atoms with Gasteiger partial charge in [-0.1, -0.05) is 38.1 Å². The van der Waals surface area contributed by atoms with E-state index in [2.05, 4.69) is 10.3 Å². The molecule has 0 unspecified atom stereocenters. The highest BCUT2D eigenvalue weighted by Crippen LogP contribution is 2.34. The fourth-order valence-electron chi connectivity index (χ4n) is 3.04. The van der Waals surface area contributed by atoms with Crippen molar-refractivity contribution < 1.29 is 18.0 Å². The molecule has 29 heavy (non-hydrogen) atoms. The van der Waals surface area contributed by atoms with Gasteiger partial charge in [-0.2, -0.15) is 0 Å². The van der Waals surface area contributed by atoms with Crippen molar-refractivity contribution in [3.63, 3.8) is 0 Å². The molecule has 6 heteroatoms. The number of benzene rings is 2. The van der Waals surface area contributed by atoms with Crippen molar-refractivity contribution in [2.75, 3.05) is 5.32 Å². The van der Waals surface area contributed by atoms with Gasteiger partial charge in [0.05, 0.1) is 0 Å². The number of hydrogen-bond acceptors (Lipinski definition) is 3. The Kier molecular flexibility index (Phi) is 6.02. The summed E-state index contributed by atoms with van der Waals surface area (Å²) in [5.41, 5.74) is 1.86. The second kappa shape index (κ2) is 8.65. The van der Waals surface area contributed by atoms with E-state index in [-0.39, 0.29) is 5.82 Å². The van der Waals surface area contributed by atoms with Gasteiger partial charge in [0.2, 0.25) is 0 Å². The van der Waals surface area contributed by atoms with E-state index in [0.29, 0.717) is 0 Å². The number of nitrogens with one attached hydrogen (secondary N) is 1. The molecule has 0 bridgehead atoms. The van der Waals surface area contributed by atoms with Gasteiger partial charge in [0.25, 0.3) is 5.91 Å². The van der Waals surface area contributed by atoms with Crippen LogP contribution in [0.5, 0.6) is 0 Å². The van der Waals surface area contributed by atoms with E-state index >= 15 is 0 Å². The first kappa shape index (κ1) is 20.2. The summed E-state index contributed by atoms with van der Waals surface area (Å²) in [4.78, 5) is 16.3. The monoisotopic (exact) mass is 394 g/mol. The highest BCUT2D eigenvalue weighted by atomic mass is 19.1. The summed E-state index contributed by atoms with van der Waals surface area (Å²) in [5, 5.41) is 3.37. The Morgan fingerprint density at radius 1 is 0.966 bits per heavy atom. The second-order valence-electron chi connectivity index (χ2n) is 6.01. The Hall–Kier alpha value is -3.54. The van der Waals surface area contributed by atoms with Crippen molar-refractivity contribution in [3.8, 4) is 11.1 Å². The third-order valence-electron chi connectivity index (χ3n) is 4.26. The van der Waals surface area contributed by atoms with Crippen LogP contribution in [0.1, 0.15) is 30.0 Å². The number of hydrogen-bond donors (Lipinski definition) is 1. The molecule has 0 aliphatic carbocycles. The fourth-order valence-corrected chi connectivity index (χ4v) is 3.04. The van der Waals surface area contributed by atoms with Gasteiger partial charge < -0.3 is 9.73 Å². The molecule has 0 atom stereocenters. The van der Waals surface area contributed by atoms with Gasteiger partial charge >= 0.3 is 0 Å². The van der Waals surface area contributed by atoms with Crippen LogP contribution in [-0.4, -0.2) is 10.9 Å². The molecule has 4 rings (SSSR count). The average molecular weight is 394 g/mol. The van der Waals surface area contributed by atoms with Crippen molar-refractivity contribution >= 4 is 22.7 Å². The topological polar surface area (TPSA) is 55.1 Å². The Labute approximate surface area is 167 Å². The first-order chi connectivity index (χ1) is 14.0. The molecule has 0 fully saturated rings. The zero-order chi connectivity index (χ0) is 21.0. The van der Waals surface area contributed by atoms with Crippen molar-refractivity contribution in [1.29, 1.82) is 0 Å². The molecule has 0 aliphatic heterocycles. The molecular formula is C23H20F2N2O2. The maximum atomic E-state index is 13.7. The van der Waals surface area contributed by atoms with Gasteiger partial charge in [-0.15, -0.1) is 0 Å². The summed E-state index contributed by atoms with van der Waals surface area (Å²) in [7, 11) is 0. The summed E-state index contributed by atoms with van der Waals surface area (Å²) >= 11 is 0. The number of carbonyl (C=O) groups excluding carboxylic acids is 1. The number of amides is 1. The normalized spacial score (nSPS) is 10.4. The maximum Gasteiger partial charge on any atom is 0.262 e. The molecule has 0 saturated carbocycles. The van der Waals surface area contributed by atoms with E-state index in [0.717, 1.165) is 40.0 Å². The molecule has 2 heterocycles. The lowest BCUT2D eigenvalue weighted by atomic mass is 10.0. The van der Waals surface area contributed by atoms with E-state index in [1.165, 1.54) is 6.07 Å². The summed E-state index contributed by atoms with van der Waals surface area (Å²) in [5.74, 6) is -1.80. The Bertz CT molecular complexity index is 1130. The zero-order valence-corrected chi connectivity index (χ0v) is 16.3. The molecule has 1 amide bonds. The lowest BCUT2D eigenvalue weighted by molar-refractivity contribution is 0.101. The van der Waals surface area contributed by atoms with Gasteiger partial charge in [0, 0.05) is 22.7 Å². The van der Waals surface area contributed by atoms with Crippen LogP contribution in [0.2, 0.25) is 0 Å². The van der Waals surface area contributed by atoms with Crippen LogP contribution >= 0.6 is 0 Å². The summed E-state index contributed by atoms with van der Waals surface area (Å²) in [6.07, 6.45) is 1.58. The van der Waals surface area contributed by atoms with Gasteiger partial charge in [0.15, 0.2) is 0 Å². The van der Waals surface area contributed by atoms with Crippen LogP contribution in [0.3, 0.4) is 0 Å². The first-order valence-electron chi connectivity index (χ1n) is 9.24. The van der Waals surface area contributed by atoms with Gasteiger partial charge in [0.1, 0.15) is 34.4 Å². The Balaban J connectivity index is 0.00000117. The number of rotatable bonds is 3. The Morgan fingerprint density at radius 3 is 2.31 bits per heavy atom. The predicted octanol–water partition coefficient (Wildman–Crippen LogP) is 6.36. The van der Waals surface area contributed by atoms with E-state index in [1.807, 2.05) is 45.0 Å². The van der Waals surface area contributed by atoms with Gasteiger partial charge in [-0.05, 0) is 37.3 Å². The number of fused-ring (bicyclic) bond motifs is 1. The first-order valence-corrected chi connectivity index (χ1v) is 9.24. The molecule has 1 N–H and O–H groups in total. The van der Waals surface area contributed by atoms with Crippen molar-refractivity contribution in [2.24, 2.45) is 0 Å². The number of pyridine rings is 1. The molecular weight excluding hydrogens is 374 g/mol. The number of para-hydroxylation sites is 1. The van der Waals surface area contributed by atoms with Gasteiger partial charge in [-0.3, -0.25) is 4.79 Å². The predicted molar refractivity (Wildman–Crippen MR) is 110 cm³/mol. The number of aromatic nitrogens is 1.